The first-order chi connectivity index (χ1) is 24.1. The van der Waals surface area contributed by atoms with Gasteiger partial charge in [0.2, 0.25) is 12.7 Å². The number of amides is 2. The largest absolute Gasteiger partial charge is 0.493 e. The Bertz CT molecular complexity index is 1880. The predicted molar refractivity (Wildman–Crippen MR) is 169 cm³/mol. The fourth-order valence-corrected chi connectivity index (χ4v) is 7.81. The van der Waals surface area contributed by atoms with E-state index in [1.165, 1.54) is 21.0 Å². The summed E-state index contributed by atoms with van der Waals surface area (Å²) in [6.45, 7) is 6.74. The number of esters is 2. The number of fused-ring (bicyclic) bond motifs is 9. The first kappa shape index (κ1) is 35.7. The summed E-state index contributed by atoms with van der Waals surface area (Å²) in [5, 5.41) is 18.6. The lowest BCUT2D eigenvalue weighted by Gasteiger charge is -2.56. The number of ether oxygens (including phenoxy) is 5. The van der Waals surface area contributed by atoms with Gasteiger partial charge < -0.3 is 39.6 Å². The summed E-state index contributed by atoms with van der Waals surface area (Å²) in [5.74, 6) is -2.98. The summed E-state index contributed by atoms with van der Waals surface area (Å²) in [7, 11) is 1.46. The zero-order valence-electron chi connectivity index (χ0n) is 28.6. The summed E-state index contributed by atoms with van der Waals surface area (Å²) in [4.78, 5) is 51.6. The molecule has 6 rings (SSSR count). The Morgan fingerprint density at radius 2 is 1.73 bits per heavy atom. The number of carbonyl (C=O) groups excluding carboxylic acids is 4. The quantitative estimate of drug-likeness (QED) is 0.283. The van der Waals surface area contributed by atoms with E-state index in [9.17, 15) is 37.6 Å². The molecular formula is C34H36F3N5O9. The summed E-state index contributed by atoms with van der Waals surface area (Å²) in [6.07, 6.45) is -4.67. The number of hydrogen-bond donors (Lipinski definition) is 3. The number of benzene rings is 2. The molecule has 0 spiro atoms. The van der Waals surface area contributed by atoms with Crippen molar-refractivity contribution in [2.24, 2.45) is 0 Å². The van der Waals surface area contributed by atoms with Gasteiger partial charge in [0.1, 0.15) is 17.8 Å². The van der Waals surface area contributed by atoms with E-state index in [-0.39, 0.29) is 31.3 Å². The third-order valence-electron chi connectivity index (χ3n) is 9.70. The van der Waals surface area contributed by atoms with Gasteiger partial charge in [-0.05, 0) is 44.7 Å². The number of nitrogens with zero attached hydrogens (tertiary/aromatic N) is 2. The van der Waals surface area contributed by atoms with E-state index in [1.807, 2.05) is 17.9 Å². The van der Waals surface area contributed by atoms with E-state index in [0.29, 0.717) is 45.9 Å². The molecule has 51 heavy (non-hydrogen) atoms. The first-order valence-electron chi connectivity index (χ1n) is 16.2. The molecule has 0 aliphatic carbocycles. The number of hydrogen-bond acceptors (Lipinski definition) is 12. The molecule has 4 heterocycles. The Kier molecular flexibility index (Phi) is 9.27. The van der Waals surface area contributed by atoms with Crippen LogP contribution in [0.25, 0.3) is 0 Å². The molecule has 6 atom stereocenters. The van der Waals surface area contributed by atoms with E-state index in [4.69, 9.17) is 23.7 Å². The van der Waals surface area contributed by atoms with Gasteiger partial charge >= 0.3 is 24.0 Å². The van der Waals surface area contributed by atoms with Crippen LogP contribution in [0.5, 0.6) is 28.7 Å². The van der Waals surface area contributed by atoms with Crippen molar-refractivity contribution in [3.8, 4) is 34.8 Å². The molecule has 272 valence electrons. The lowest BCUT2D eigenvalue weighted by Crippen LogP contribution is -2.68. The van der Waals surface area contributed by atoms with Gasteiger partial charge in [0.15, 0.2) is 23.0 Å². The van der Waals surface area contributed by atoms with Crippen molar-refractivity contribution in [3.05, 3.63) is 39.4 Å². The van der Waals surface area contributed by atoms with Crippen LogP contribution in [0, 0.1) is 25.2 Å². The van der Waals surface area contributed by atoms with Gasteiger partial charge in [0.25, 0.3) is 0 Å². The zero-order valence-corrected chi connectivity index (χ0v) is 28.6. The van der Waals surface area contributed by atoms with E-state index < -0.39 is 66.2 Å². The number of nitriles is 1. The maximum absolute atomic E-state index is 13.2. The average molecular weight is 716 g/mol. The highest BCUT2D eigenvalue weighted by Crippen LogP contribution is 2.57. The van der Waals surface area contributed by atoms with Crippen molar-refractivity contribution in [1.29, 1.82) is 5.26 Å². The van der Waals surface area contributed by atoms with Gasteiger partial charge in [0.05, 0.1) is 25.3 Å². The van der Waals surface area contributed by atoms with Crippen molar-refractivity contribution < 1.29 is 56.0 Å². The molecule has 1 unspecified atom stereocenters. The van der Waals surface area contributed by atoms with Crippen LogP contribution in [0.15, 0.2) is 6.07 Å². The van der Waals surface area contributed by atoms with Crippen LogP contribution in [0.1, 0.15) is 66.2 Å². The number of methoxy groups -OCH3 is 1. The van der Waals surface area contributed by atoms with Crippen molar-refractivity contribution in [3.63, 3.8) is 0 Å². The smallest absolute Gasteiger partial charge is 0.471 e. The number of alkyl halides is 3. The molecule has 2 aromatic rings. The minimum Gasteiger partial charge on any atom is -0.493 e. The van der Waals surface area contributed by atoms with Crippen LogP contribution in [-0.4, -0.2) is 79.4 Å². The fraction of sp³-hybridized carbons (Fsp3) is 0.500. The lowest BCUT2D eigenvalue weighted by atomic mass is 9.72. The van der Waals surface area contributed by atoms with Gasteiger partial charge in [-0.15, -0.1) is 0 Å². The standard InChI is InChI=1S/C34H36F3N5O9/c1-13-7-18-8-20-22(10-38)42-21(26(41-20)24(18)31(27(13)47-6)51-17(5)44)9-19-25(30-29(48-12-49-30)14(2)28(19)50-16(4)43)23(42)11-39-32(45)15(3)40-33(46)34(35,36)37/h7,15,20-23,26,41H,8-9,11-12H2,1-6H3,(H,39,45)(H,40,46)/t15-,20-,21?,22+,23+,26-/m1/s1. The third kappa shape index (κ3) is 6.16. The van der Waals surface area contributed by atoms with E-state index in [2.05, 4.69) is 16.7 Å². The minimum atomic E-state index is -5.20. The second-order valence-corrected chi connectivity index (χ2v) is 12.9. The second kappa shape index (κ2) is 13.2. The third-order valence-corrected chi connectivity index (χ3v) is 9.70. The van der Waals surface area contributed by atoms with E-state index in [1.54, 1.807) is 12.2 Å². The number of piperazine rings is 1. The van der Waals surface area contributed by atoms with Gasteiger partial charge in [-0.3, -0.25) is 24.1 Å². The Balaban J connectivity index is 1.52. The molecule has 2 aromatic carbocycles. The SMILES string of the molecule is COc1c(C)cc2c(c1OC(C)=O)[C@@H]1N[C@H](C2)[C@H](C#N)N2C1Cc1c(OC(C)=O)c(C)c3c(c1[C@@H]2CNC(=O)[C@@H](C)NC(=O)C(F)(F)F)OCO3. The monoisotopic (exact) mass is 715 g/mol. The Labute approximate surface area is 290 Å². The average Bonchev–Trinajstić information content (AvgIpc) is 3.54. The summed E-state index contributed by atoms with van der Waals surface area (Å²) < 4.78 is 67.9. The van der Waals surface area contributed by atoms with Crippen LogP contribution < -0.4 is 39.6 Å². The maximum atomic E-state index is 13.2. The first-order valence-corrected chi connectivity index (χ1v) is 16.2. The molecule has 14 nitrogen and oxygen atoms in total. The minimum absolute atomic E-state index is 0.165. The second-order valence-electron chi connectivity index (χ2n) is 12.9. The molecule has 17 heteroatoms. The summed E-state index contributed by atoms with van der Waals surface area (Å²) in [5.41, 5.74) is 3.68. The molecule has 0 aromatic heterocycles. The van der Waals surface area contributed by atoms with Crippen LogP contribution in [-0.2, 0) is 32.0 Å². The zero-order chi connectivity index (χ0) is 37.1. The molecule has 2 amide bonds. The molecule has 4 aliphatic heterocycles. The van der Waals surface area contributed by atoms with Gasteiger partial charge in [-0.25, -0.2) is 0 Å². The molecule has 1 saturated heterocycles. The van der Waals surface area contributed by atoms with Crippen molar-refractivity contribution >= 4 is 23.8 Å². The molecular weight excluding hydrogens is 679 g/mol. The van der Waals surface area contributed by atoms with Crippen molar-refractivity contribution in [1.82, 2.24) is 20.9 Å². The highest BCUT2D eigenvalue weighted by atomic mass is 19.4. The van der Waals surface area contributed by atoms with Crippen LogP contribution in [0.4, 0.5) is 13.2 Å². The number of halogens is 3. The molecule has 3 N–H and O–H groups in total. The van der Waals surface area contributed by atoms with Gasteiger partial charge in [-0.1, -0.05) is 6.07 Å². The molecule has 1 fully saturated rings. The number of rotatable bonds is 7. The van der Waals surface area contributed by atoms with Gasteiger partial charge in [-0.2, -0.15) is 18.4 Å². The van der Waals surface area contributed by atoms with Crippen LogP contribution in [0.2, 0.25) is 0 Å². The topological polar surface area (TPSA) is 178 Å². The number of nitrogens with one attached hydrogen (secondary N) is 3. The Hall–Kier alpha value is -5.08. The molecule has 2 bridgehead atoms. The van der Waals surface area contributed by atoms with E-state index >= 15 is 0 Å². The van der Waals surface area contributed by atoms with Crippen LogP contribution >= 0.6 is 0 Å². The van der Waals surface area contributed by atoms with E-state index in [0.717, 1.165) is 18.1 Å². The Morgan fingerprint density at radius 1 is 1.06 bits per heavy atom. The van der Waals surface area contributed by atoms with Crippen LogP contribution in [0.3, 0.4) is 0 Å². The molecule has 4 aliphatic rings. The summed E-state index contributed by atoms with van der Waals surface area (Å²) in [6, 6.07) is -0.608. The fourth-order valence-electron chi connectivity index (χ4n) is 7.81. The Morgan fingerprint density at radius 3 is 2.35 bits per heavy atom. The predicted octanol–water partition coefficient (Wildman–Crippen LogP) is 2.50. The highest BCUT2D eigenvalue weighted by Gasteiger charge is 2.55. The molecule has 0 radical (unpaired) electrons. The van der Waals surface area contributed by atoms with Crippen molar-refractivity contribution in [2.45, 2.75) is 89.9 Å². The maximum Gasteiger partial charge on any atom is 0.471 e. The van der Waals surface area contributed by atoms with Crippen molar-refractivity contribution in [2.75, 3.05) is 20.4 Å². The normalized spacial score (nSPS) is 23.4. The summed E-state index contributed by atoms with van der Waals surface area (Å²) >= 11 is 0. The van der Waals surface area contributed by atoms with Gasteiger partial charge in [0, 0.05) is 54.7 Å². The number of carbonyl (C=O) groups is 4. The number of aryl methyl sites for hydroxylation is 1. The molecule has 0 saturated carbocycles. The lowest BCUT2D eigenvalue weighted by molar-refractivity contribution is -0.174. The highest BCUT2D eigenvalue weighted by molar-refractivity contribution is 5.89.